The number of hydrogen-bond donors (Lipinski definition) is 1. The predicted octanol–water partition coefficient (Wildman–Crippen LogP) is 0.525. The molecular weight excluding hydrogens is 318 g/mol. The molecule has 7 nitrogen and oxygen atoms in total. The van der Waals surface area contributed by atoms with E-state index >= 15 is 0 Å². The molecule has 1 aromatic heterocycles. The van der Waals surface area contributed by atoms with Crippen LogP contribution in [0.2, 0.25) is 0 Å². The lowest BCUT2D eigenvalue weighted by atomic mass is 9.95. The Bertz CT molecular complexity index is 662. The summed E-state index contributed by atoms with van der Waals surface area (Å²) in [4.78, 5) is 31.8. The molecule has 7 heteroatoms. The van der Waals surface area contributed by atoms with Crippen molar-refractivity contribution in [2.45, 2.75) is 32.1 Å². The van der Waals surface area contributed by atoms with Gasteiger partial charge in [0.05, 0.1) is 5.92 Å². The Kier molecular flexibility index (Phi) is 4.50. The van der Waals surface area contributed by atoms with E-state index < -0.39 is 0 Å². The molecule has 1 aromatic rings. The normalized spacial score (nSPS) is 24.4. The molecule has 0 bridgehead atoms. The first-order valence-corrected chi connectivity index (χ1v) is 9.46. The number of amides is 2. The molecule has 2 saturated heterocycles. The third-order valence-corrected chi connectivity index (χ3v) is 5.88. The molecule has 2 fully saturated rings. The van der Waals surface area contributed by atoms with Crippen LogP contribution in [0.3, 0.4) is 0 Å². The molecule has 1 atom stereocenters. The van der Waals surface area contributed by atoms with E-state index in [1.807, 2.05) is 9.80 Å². The Morgan fingerprint density at radius 3 is 2.64 bits per heavy atom. The highest BCUT2D eigenvalue weighted by Gasteiger charge is 2.34. The van der Waals surface area contributed by atoms with Crippen molar-refractivity contribution in [1.82, 2.24) is 24.9 Å². The number of nitrogens with one attached hydrogen (secondary N) is 1. The van der Waals surface area contributed by atoms with Gasteiger partial charge in [0, 0.05) is 50.5 Å². The second-order valence-corrected chi connectivity index (χ2v) is 7.60. The largest absolute Gasteiger partial charge is 0.340 e. The van der Waals surface area contributed by atoms with Crippen molar-refractivity contribution in [3.8, 4) is 0 Å². The Morgan fingerprint density at radius 2 is 1.84 bits per heavy atom. The number of rotatable bonds is 2. The smallest absolute Gasteiger partial charge is 0.274 e. The summed E-state index contributed by atoms with van der Waals surface area (Å²) in [7, 11) is 2.09. The zero-order valence-electron chi connectivity index (χ0n) is 15.0. The Hall–Kier alpha value is -1.89. The first-order chi connectivity index (χ1) is 12.1. The number of aromatic nitrogens is 2. The van der Waals surface area contributed by atoms with Gasteiger partial charge in [-0.3, -0.25) is 14.7 Å². The van der Waals surface area contributed by atoms with E-state index in [0.29, 0.717) is 12.2 Å². The molecule has 0 unspecified atom stereocenters. The van der Waals surface area contributed by atoms with Crippen LogP contribution in [0.4, 0.5) is 0 Å². The molecule has 3 aliphatic rings. The number of carbonyl (C=O) groups is 2. The van der Waals surface area contributed by atoms with Crippen molar-refractivity contribution < 1.29 is 9.59 Å². The van der Waals surface area contributed by atoms with Gasteiger partial charge in [0.15, 0.2) is 5.69 Å². The molecule has 0 saturated carbocycles. The number of likely N-dealkylation sites (N-methyl/N-ethyl adjacent to an activating group) is 1. The van der Waals surface area contributed by atoms with E-state index in [2.05, 4.69) is 22.1 Å². The number of H-pyrrole nitrogens is 1. The molecule has 1 N–H and O–H groups in total. The maximum Gasteiger partial charge on any atom is 0.274 e. The highest BCUT2D eigenvalue weighted by Crippen LogP contribution is 2.26. The van der Waals surface area contributed by atoms with Gasteiger partial charge in [-0.2, -0.15) is 5.10 Å². The van der Waals surface area contributed by atoms with Crippen LogP contribution in [0.25, 0.3) is 0 Å². The average molecular weight is 345 g/mol. The molecular formula is C18H27N5O2. The molecule has 0 aromatic carbocycles. The fraction of sp³-hybridized carbons (Fsp3) is 0.722. The molecule has 3 heterocycles. The number of aromatic amines is 1. The highest BCUT2D eigenvalue weighted by atomic mass is 16.2. The quantitative estimate of drug-likeness (QED) is 0.848. The number of fused-ring (bicyclic) bond motifs is 1. The number of nitrogens with zero attached hydrogens (tertiary/aromatic N) is 4. The van der Waals surface area contributed by atoms with Crippen molar-refractivity contribution in [2.24, 2.45) is 5.92 Å². The SMILES string of the molecule is CN1CCN(C(=O)[C@@H]2CCCN(C(=O)c3n[nH]c4c3CCC4)C2)CC1. The van der Waals surface area contributed by atoms with Crippen LogP contribution in [0.1, 0.15) is 41.0 Å². The fourth-order valence-corrected chi connectivity index (χ4v) is 4.29. The van der Waals surface area contributed by atoms with E-state index in [1.165, 1.54) is 0 Å². The lowest BCUT2D eigenvalue weighted by molar-refractivity contribution is -0.138. The lowest BCUT2D eigenvalue weighted by Crippen LogP contribution is -2.52. The minimum atomic E-state index is -0.0619. The van der Waals surface area contributed by atoms with E-state index in [0.717, 1.165) is 76.1 Å². The summed E-state index contributed by atoms with van der Waals surface area (Å²) < 4.78 is 0. The van der Waals surface area contributed by atoms with Gasteiger partial charge in [-0.05, 0) is 39.2 Å². The molecule has 0 radical (unpaired) electrons. The molecule has 0 spiro atoms. The van der Waals surface area contributed by atoms with Gasteiger partial charge in [0.1, 0.15) is 0 Å². The zero-order valence-corrected chi connectivity index (χ0v) is 15.0. The standard InChI is InChI=1S/C18H27N5O2/c1-21-8-10-22(11-9-21)17(24)13-4-3-7-23(12-13)18(25)16-14-5-2-6-15(14)19-20-16/h13H,2-12H2,1H3,(H,19,20)/t13-/m1/s1. The Labute approximate surface area is 148 Å². The summed E-state index contributed by atoms with van der Waals surface area (Å²) in [5.41, 5.74) is 2.79. The predicted molar refractivity (Wildman–Crippen MR) is 93.3 cm³/mol. The Balaban J connectivity index is 1.42. The van der Waals surface area contributed by atoms with Crippen molar-refractivity contribution >= 4 is 11.8 Å². The van der Waals surface area contributed by atoms with Gasteiger partial charge in [0.2, 0.25) is 5.91 Å². The van der Waals surface area contributed by atoms with Crippen LogP contribution in [0.15, 0.2) is 0 Å². The first kappa shape index (κ1) is 16.6. The van der Waals surface area contributed by atoms with E-state index in [4.69, 9.17) is 0 Å². The second kappa shape index (κ2) is 6.78. The van der Waals surface area contributed by atoms with E-state index in [-0.39, 0.29) is 17.7 Å². The summed E-state index contributed by atoms with van der Waals surface area (Å²) >= 11 is 0. The number of aryl methyl sites for hydroxylation is 1. The fourth-order valence-electron chi connectivity index (χ4n) is 4.29. The summed E-state index contributed by atoms with van der Waals surface area (Å²) in [6, 6.07) is 0. The van der Waals surface area contributed by atoms with Crippen LogP contribution in [0, 0.1) is 5.92 Å². The van der Waals surface area contributed by atoms with Crippen LogP contribution in [0.5, 0.6) is 0 Å². The monoisotopic (exact) mass is 345 g/mol. The van der Waals surface area contributed by atoms with Gasteiger partial charge >= 0.3 is 0 Å². The van der Waals surface area contributed by atoms with Crippen molar-refractivity contribution in [1.29, 1.82) is 0 Å². The third kappa shape index (κ3) is 3.17. The second-order valence-electron chi connectivity index (χ2n) is 7.60. The average Bonchev–Trinajstić information content (AvgIpc) is 3.25. The molecule has 136 valence electrons. The number of piperazine rings is 1. The van der Waals surface area contributed by atoms with Crippen molar-refractivity contribution in [3.05, 3.63) is 17.0 Å². The van der Waals surface area contributed by atoms with Crippen LogP contribution < -0.4 is 0 Å². The number of carbonyl (C=O) groups excluding carboxylic acids is 2. The van der Waals surface area contributed by atoms with Crippen molar-refractivity contribution in [3.63, 3.8) is 0 Å². The van der Waals surface area contributed by atoms with E-state index in [9.17, 15) is 9.59 Å². The van der Waals surface area contributed by atoms with Gasteiger partial charge in [-0.25, -0.2) is 0 Å². The van der Waals surface area contributed by atoms with Gasteiger partial charge in [-0.1, -0.05) is 0 Å². The maximum absolute atomic E-state index is 12.9. The minimum absolute atomic E-state index is 0.00437. The highest BCUT2D eigenvalue weighted by molar-refractivity contribution is 5.94. The topological polar surface area (TPSA) is 72.5 Å². The molecule has 1 aliphatic carbocycles. The molecule has 25 heavy (non-hydrogen) atoms. The molecule has 2 amide bonds. The number of hydrogen-bond acceptors (Lipinski definition) is 4. The molecule has 2 aliphatic heterocycles. The summed E-state index contributed by atoms with van der Waals surface area (Å²) in [6.45, 7) is 4.72. The summed E-state index contributed by atoms with van der Waals surface area (Å²) in [6.07, 6.45) is 4.79. The Morgan fingerprint density at radius 1 is 1.04 bits per heavy atom. The lowest BCUT2D eigenvalue weighted by Gasteiger charge is -2.38. The number of piperidine rings is 1. The summed E-state index contributed by atoms with van der Waals surface area (Å²) in [5, 5.41) is 7.28. The van der Waals surface area contributed by atoms with E-state index in [1.54, 1.807) is 0 Å². The van der Waals surface area contributed by atoms with Gasteiger partial charge in [0.25, 0.3) is 5.91 Å². The maximum atomic E-state index is 12.9. The first-order valence-electron chi connectivity index (χ1n) is 9.46. The van der Waals surface area contributed by atoms with Crippen LogP contribution in [-0.2, 0) is 17.6 Å². The number of likely N-dealkylation sites (tertiary alicyclic amines) is 1. The van der Waals surface area contributed by atoms with Crippen molar-refractivity contribution in [2.75, 3.05) is 46.3 Å². The van der Waals surface area contributed by atoms with Gasteiger partial charge < -0.3 is 14.7 Å². The summed E-state index contributed by atoms with van der Waals surface area (Å²) in [5.74, 6) is 0.154. The zero-order chi connectivity index (χ0) is 17.4. The van der Waals surface area contributed by atoms with Crippen LogP contribution >= 0.6 is 0 Å². The third-order valence-electron chi connectivity index (χ3n) is 5.88. The van der Waals surface area contributed by atoms with Crippen LogP contribution in [-0.4, -0.2) is 83.0 Å². The molecule has 4 rings (SSSR count). The minimum Gasteiger partial charge on any atom is -0.340 e. The van der Waals surface area contributed by atoms with Gasteiger partial charge in [-0.15, -0.1) is 0 Å².